The molecular weight excluding hydrogens is 394 g/mol. The molecule has 0 saturated heterocycles. The molecule has 0 spiro atoms. The lowest BCUT2D eigenvalue weighted by molar-refractivity contribution is -0.119. The second kappa shape index (κ2) is 9.18. The number of amides is 1. The minimum atomic E-state index is -0.676. The Bertz CT molecular complexity index is 926. The van der Waals surface area contributed by atoms with Gasteiger partial charge in [0.2, 0.25) is 0 Å². The summed E-state index contributed by atoms with van der Waals surface area (Å²) in [4.78, 5) is 24.5. The molecule has 0 radical (unpaired) electrons. The average Bonchev–Trinajstić information content (AvgIpc) is 3.15. The van der Waals surface area contributed by atoms with E-state index in [2.05, 4.69) is 5.32 Å². The van der Waals surface area contributed by atoms with Gasteiger partial charge in [0.1, 0.15) is 0 Å². The molecule has 0 unspecified atom stereocenters. The maximum Gasteiger partial charge on any atom is 0.338 e. The number of esters is 1. The largest absolute Gasteiger partial charge is 0.493 e. The van der Waals surface area contributed by atoms with Crippen molar-refractivity contribution in [3.05, 3.63) is 52.0 Å². The molecule has 0 aromatic heterocycles. The third kappa shape index (κ3) is 5.21. The van der Waals surface area contributed by atoms with E-state index in [-0.39, 0.29) is 16.7 Å². The molecule has 2 aromatic rings. The number of halogens is 1. The number of ether oxygens (including phenoxy) is 3. The highest BCUT2D eigenvalue weighted by Crippen LogP contribution is 2.37. The van der Waals surface area contributed by atoms with Gasteiger partial charge in [-0.2, -0.15) is 0 Å². The summed E-state index contributed by atoms with van der Waals surface area (Å²) in [6.07, 6.45) is 3.13. The first-order chi connectivity index (χ1) is 13.9. The number of methoxy groups -OCH3 is 1. The molecule has 0 atom stereocenters. The van der Waals surface area contributed by atoms with E-state index in [9.17, 15) is 9.59 Å². The van der Waals surface area contributed by atoms with Crippen molar-refractivity contribution in [1.82, 2.24) is 0 Å². The van der Waals surface area contributed by atoms with E-state index in [1.54, 1.807) is 0 Å². The van der Waals surface area contributed by atoms with E-state index in [0.717, 1.165) is 19.3 Å². The Hall–Kier alpha value is -2.73. The number of anilines is 1. The van der Waals surface area contributed by atoms with E-state index in [0.29, 0.717) is 17.2 Å². The summed E-state index contributed by atoms with van der Waals surface area (Å²) in [5.74, 6) is -0.407. The summed E-state index contributed by atoms with van der Waals surface area (Å²) in [6, 6.07) is 8.77. The van der Waals surface area contributed by atoms with Gasteiger partial charge in [-0.3, -0.25) is 4.79 Å². The highest BCUT2D eigenvalue weighted by Gasteiger charge is 2.19. The van der Waals surface area contributed by atoms with Crippen molar-refractivity contribution < 1.29 is 23.8 Å². The number of benzene rings is 2. The van der Waals surface area contributed by atoms with E-state index in [1.807, 2.05) is 32.0 Å². The predicted molar refractivity (Wildman–Crippen MR) is 111 cm³/mol. The van der Waals surface area contributed by atoms with Crippen LogP contribution in [0.25, 0.3) is 0 Å². The van der Waals surface area contributed by atoms with Crippen LogP contribution in [-0.4, -0.2) is 31.7 Å². The molecule has 29 heavy (non-hydrogen) atoms. The Morgan fingerprint density at radius 2 is 1.90 bits per heavy atom. The Labute approximate surface area is 175 Å². The molecule has 7 heteroatoms. The van der Waals surface area contributed by atoms with Crippen LogP contribution in [0.5, 0.6) is 11.5 Å². The average molecular weight is 418 g/mol. The minimum Gasteiger partial charge on any atom is -0.493 e. The summed E-state index contributed by atoms with van der Waals surface area (Å²) in [5.41, 5.74) is 3.45. The first-order valence-electron chi connectivity index (χ1n) is 9.50. The van der Waals surface area contributed by atoms with Crippen LogP contribution in [0.15, 0.2) is 30.3 Å². The molecule has 0 fully saturated rings. The molecule has 0 saturated carbocycles. The van der Waals surface area contributed by atoms with Gasteiger partial charge in [-0.15, -0.1) is 0 Å². The van der Waals surface area contributed by atoms with Crippen LogP contribution in [0.4, 0.5) is 5.69 Å². The van der Waals surface area contributed by atoms with Crippen molar-refractivity contribution in [3.63, 3.8) is 0 Å². The van der Waals surface area contributed by atoms with E-state index in [4.69, 9.17) is 25.8 Å². The van der Waals surface area contributed by atoms with Gasteiger partial charge in [-0.05, 0) is 68.5 Å². The number of carbonyl (C=O) groups excluding carboxylic acids is 2. The van der Waals surface area contributed by atoms with Gasteiger partial charge in [0.25, 0.3) is 5.91 Å². The molecule has 0 aliphatic heterocycles. The van der Waals surface area contributed by atoms with Gasteiger partial charge in [-0.25, -0.2) is 4.79 Å². The molecule has 1 aliphatic rings. The number of rotatable bonds is 7. The second-order valence-corrected chi connectivity index (χ2v) is 7.52. The fraction of sp³-hybridized carbons (Fsp3) is 0.364. The van der Waals surface area contributed by atoms with E-state index < -0.39 is 18.5 Å². The maximum atomic E-state index is 12.4. The van der Waals surface area contributed by atoms with E-state index >= 15 is 0 Å². The zero-order valence-electron chi connectivity index (χ0n) is 16.7. The highest BCUT2D eigenvalue weighted by atomic mass is 35.5. The van der Waals surface area contributed by atoms with Crippen molar-refractivity contribution in [2.45, 2.75) is 39.2 Å². The number of hydrogen-bond acceptors (Lipinski definition) is 5. The van der Waals surface area contributed by atoms with Crippen LogP contribution in [0.1, 0.15) is 41.8 Å². The van der Waals surface area contributed by atoms with Crippen LogP contribution in [0.3, 0.4) is 0 Å². The molecular formula is C22H24ClNO5. The van der Waals surface area contributed by atoms with Crippen molar-refractivity contribution in [2.75, 3.05) is 19.0 Å². The third-order valence-corrected chi connectivity index (χ3v) is 4.82. The first kappa shape index (κ1) is 21.0. The first-order valence-corrected chi connectivity index (χ1v) is 9.88. The molecule has 1 N–H and O–H groups in total. The molecule has 1 amide bonds. The van der Waals surface area contributed by atoms with Gasteiger partial charge in [0.05, 0.1) is 23.8 Å². The SMILES string of the molecule is COc1cc(C(=O)OCC(=O)Nc2ccc3c(c2)CCC3)cc(Cl)c1OC(C)C. The Balaban J connectivity index is 1.61. The van der Waals surface area contributed by atoms with E-state index in [1.165, 1.54) is 30.4 Å². The van der Waals surface area contributed by atoms with Crippen molar-refractivity contribution in [3.8, 4) is 11.5 Å². The quantitative estimate of drug-likeness (QED) is 0.675. The molecule has 0 bridgehead atoms. The lowest BCUT2D eigenvalue weighted by atomic mass is 10.1. The molecule has 6 nitrogen and oxygen atoms in total. The summed E-state index contributed by atoms with van der Waals surface area (Å²) in [6.45, 7) is 3.31. The monoisotopic (exact) mass is 417 g/mol. The van der Waals surface area contributed by atoms with Gasteiger partial charge >= 0.3 is 5.97 Å². The van der Waals surface area contributed by atoms with Crippen LogP contribution >= 0.6 is 11.6 Å². The van der Waals surface area contributed by atoms with Crippen molar-refractivity contribution in [1.29, 1.82) is 0 Å². The fourth-order valence-electron chi connectivity index (χ4n) is 3.25. The Morgan fingerprint density at radius 1 is 1.14 bits per heavy atom. The number of aryl methyl sites for hydroxylation is 2. The van der Waals surface area contributed by atoms with Crippen LogP contribution in [-0.2, 0) is 22.4 Å². The number of nitrogens with one attached hydrogen (secondary N) is 1. The van der Waals surface area contributed by atoms with Crippen molar-refractivity contribution >= 4 is 29.2 Å². The predicted octanol–water partition coefficient (Wildman–Crippen LogP) is 4.42. The van der Waals surface area contributed by atoms with Gasteiger partial charge in [0.15, 0.2) is 18.1 Å². The molecule has 1 aliphatic carbocycles. The normalized spacial score (nSPS) is 12.4. The molecule has 2 aromatic carbocycles. The lowest BCUT2D eigenvalue weighted by Gasteiger charge is -2.16. The minimum absolute atomic E-state index is 0.109. The summed E-state index contributed by atoms with van der Waals surface area (Å²) < 4.78 is 16.0. The van der Waals surface area contributed by atoms with Crippen LogP contribution < -0.4 is 14.8 Å². The summed E-state index contributed by atoms with van der Waals surface area (Å²) in [7, 11) is 1.46. The van der Waals surface area contributed by atoms with Crippen LogP contribution in [0, 0.1) is 0 Å². The van der Waals surface area contributed by atoms with Gasteiger partial charge < -0.3 is 19.5 Å². The molecule has 3 rings (SSSR count). The van der Waals surface area contributed by atoms with Crippen molar-refractivity contribution in [2.24, 2.45) is 0 Å². The Kier molecular flexibility index (Phi) is 6.64. The molecule has 154 valence electrons. The second-order valence-electron chi connectivity index (χ2n) is 7.12. The Morgan fingerprint density at radius 3 is 2.62 bits per heavy atom. The number of fused-ring (bicyclic) bond motifs is 1. The third-order valence-electron chi connectivity index (χ3n) is 4.54. The van der Waals surface area contributed by atoms with Gasteiger partial charge in [0, 0.05) is 5.69 Å². The number of hydrogen-bond donors (Lipinski definition) is 1. The number of carbonyl (C=O) groups is 2. The summed E-state index contributed by atoms with van der Waals surface area (Å²) in [5, 5.41) is 2.99. The molecule has 0 heterocycles. The topological polar surface area (TPSA) is 73.9 Å². The summed E-state index contributed by atoms with van der Waals surface area (Å²) >= 11 is 6.23. The zero-order chi connectivity index (χ0) is 21.0. The highest BCUT2D eigenvalue weighted by molar-refractivity contribution is 6.32. The zero-order valence-corrected chi connectivity index (χ0v) is 17.5. The maximum absolute atomic E-state index is 12.4. The fourth-order valence-corrected chi connectivity index (χ4v) is 3.50. The van der Waals surface area contributed by atoms with Gasteiger partial charge in [-0.1, -0.05) is 17.7 Å². The lowest BCUT2D eigenvalue weighted by Crippen LogP contribution is -2.21. The standard InChI is InChI=1S/C22H24ClNO5/c1-13(2)29-21-18(23)10-16(11-19(21)27-3)22(26)28-12-20(25)24-17-8-7-14-5-4-6-15(14)9-17/h7-11,13H,4-6,12H2,1-3H3,(H,24,25). The van der Waals surface area contributed by atoms with Crippen LogP contribution in [0.2, 0.25) is 5.02 Å². The smallest absolute Gasteiger partial charge is 0.338 e.